The molecule has 0 amide bonds. The molecule has 0 saturated heterocycles. The van der Waals surface area contributed by atoms with Gasteiger partial charge in [0, 0.05) is 16.2 Å². The zero-order chi connectivity index (χ0) is 12.3. The van der Waals surface area contributed by atoms with Gasteiger partial charge in [0.1, 0.15) is 0 Å². The number of nitrogens with zero attached hydrogens (tertiary/aromatic N) is 1. The number of halogens is 1. The highest BCUT2D eigenvalue weighted by atomic mass is 79.9. The topological polar surface area (TPSA) is 35.8 Å². The molecule has 0 atom stereocenters. The van der Waals surface area contributed by atoms with Crippen molar-refractivity contribution in [2.75, 3.05) is 5.32 Å². The van der Waals surface area contributed by atoms with Crippen LogP contribution in [0.4, 0.5) is 5.69 Å². The highest BCUT2D eigenvalue weighted by Gasteiger charge is 2.17. The largest absolute Gasteiger partial charge is 0.382 e. The summed E-state index contributed by atoms with van der Waals surface area (Å²) in [4.78, 5) is 0. The van der Waals surface area contributed by atoms with Gasteiger partial charge in [-0.1, -0.05) is 22.9 Å². The highest BCUT2D eigenvalue weighted by molar-refractivity contribution is 9.10. The van der Waals surface area contributed by atoms with E-state index < -0.39 is 0 Å². The number of anilines is 1. The Balaban J connectivity index is 2.03. The van der Waals surface area contributed by atoms with Crippen molar-refractivity contribution in [3.05, 3.63) is 28.2 Å². The molecule has 3 heteroatoms. The van der Waals surface area contributed by atoms with Gasteiger partial charge in [0.2, 0.25) is 0 Å². The third-order valence-electron chi connectivity index (χ3n) is 3.41. The lowest BCUT2D eigenvalue weighted by molar-refractivity contribution is 0.361. The maximum atomic E-state index is 8.93. The van der Waals surface area contributed by atoms with E-state index in [1.165, 1.54) is 25.7 Å². The molecule has 0 bridgehead atoms. The zero-order valence-corrected chi connectivity index (χ0v) is 11.6. The minimum Gasteiger partial charge on any atom is -0.382 e. The van der Waals surface area contributed by atoms with Crippen molar-refractivity contribution in [2.45, 2.75) is 38.6 Å². The number of hydrogen-bond donors (Lipinski definition) is 1. The van der Waals surface area contributed by atoms with Crippen LogP contribution >= 0.6 is 15.9 Å². The summed E-state index contributed by atoms with van der Waals surface area (Å²) in [5, 5.41) is 12.5. The summed E-state index contributed by atoms with van der Waals surface area (Å²) in [7, 11) is 0. The van der Waals surface area contributed by atoms with Crippen molar-refractivity contribution >= 4 is 21.6 Å². The fraction of sp³-hybridized carbons (Fsp3) is 0.500. The first kappa shape index (κ1) is 12.4. The monoisotopic (exact) mass is 292 g/mol. The van der Waals surface area contributed by atoms with E-state index >= 15 is 0 Å². The summed E-state index contributed by atoms with van der Waals surface area (Å²) in [6.45, 7) is 2.32. The van der Waals surface area contributed by atoms with Crippen molar-refractivity contribution in [2.24, 2.45) is 5.92 Å². The molecule has 1 aliphatic rings. The Morgan fingerprint density at radius 1 is 1.24 bits per heavy atom. The third-order valence-corrected chi connectivity index (χ3v) is 3.87. The Morgan fingerprint density at radius 2 is 1.94 bits per heavy atom. The van der Waals surface area contributed by atoms with Crippen LogP contribution in [0.3, 0.4) is 0 Å². The second kappa shape index (κ2) is 5.55. The Bertz CT molecular complexity index is 428. The smallest absolute Gasteiger partial charge is 0.0992 e. The molecule has 1 aromatic rings. The highest BCUT2D eigenvalue weighted by Crippen LogP contribution is 2.27. The third kappa shape index (κ3) is 3.47. The van der Waals surface area contributed by atoms with Crippen molar-refractivity contribution in [3.63, 3.8) is 0 Å². The number of benzene rings is 1. The van der Waals surface area contributed by atoms with E-state index in [2.05, 4.69) is 34.2 Å². The first-order valence-corrected chi connectivity index (χ1v) is 6.94. The van der Waals surface area contributed by atoms with Gasteiger partial charge in [-0.05, 0) is 49.8 Å². The van der Waals surface area contributed by atoms with Gasteiger partial charge < -0.3 is 5.32 Å². The molecule has 17 heavy (non-hydrogen) atoms. The molecular weight excluding hydrogens is 276 g/mol. The van der Waals surface area contributed by atoms with E-state index in [1.54, 1.807) is 0 Å². The van der Waals surface area contributed by atoms with Crippen molar-refractivity contribution in [1.29, 1.82) is 5.26 Å². The van der Waals surface area contributed by atoms with Crippen LogP contribution in [0.5, 0.6) is 0 Å². The van der Waals surface area contributed by atoms with Crippen LogP contribution in [0, 0.1) is 17.2 Å². The summed E-state index contributed by atoms with van der Waals surface area (Å²) in [5.74, 6) is 0.866. The van der Waals surface area contributed by atoms with Gasteiger partial charge in [-0.25, -0.2) is 0 Å². The van der Waals surface area contributed by atoms with Crippen LogP contribution < -0.4 is 5.32 Å². The molecule has 2 rings (SSSR count). The molecule has 1 N–H and O–H groups in total. The molecule has 0 heterocycles. The van der Waals surface area contributed by atoms with Gasteiger partial charge in [0.15, 0.2) is 0 Å². The van der Waals surface area contributed by atoms with E-state index in [4.69, 9.17) is 5.26 Å². The quantitative estimate of drug-likeness (QED) is 0.882. The normalized spacial score (nSPS) is 24.1. The summed E-state index contributed by atoms with van der Waals surface area (Å²) in [6, 6.07) is 8.55. The fourth-order valence-electron chi connectivity index (χ4n) is 2.38. The fourth-order valence-corrected chi connectivity index (χ4v) is 2.87. The van der Waals surface area contributed by atoms with E-state index in [1.807, 2.05) is 18.2 Å². The zero-order valence-electron chi connectivity index (χ0n) is 10.0. The van der Waals surface area contributed by atoms with Crippen molar-refractivity contribution < 1.29 is 0 Å². The minimum atomic E-state index is 0.562. The Hall–Kier alpha value is -1.01. The van der Waals surface area contributed by atoms with E-state index in [9.17, 15) is 0 Å². The van der Waals surface area contributed by atoms with E-state index in [-0.39, 0.29) is 0 Å². The van der Waals surface area contributed by atoms with Crippen LogP contribution in [-0.2, 0) is 0 Å². The first-order valence-electron chi connectivity index (χ1n) is 6.14. The SMILES string of the molecule is CC1CCC(Nc2cc(Br)cc(C#N)c2)CC1. The predicted octanol–water partition coefficient (Wildman–Crippen LogP) is 4.31. The maximum absolute atomic E-state index is 8.93. The van der Waals surface area contributed by atoms with Gasteiger partial charge >= 0.3 is 0 Å². The summed E-state index contributed by atoms with van der Waals surface area (Å²) >= 11 is 3.44. The number of nitrogens with one attached hydrogen (secondary N) is 1. The first-order chi connectivity index (χ1) is 8.17. The number of rotatable bonds is 2. The second-order valence-electron chi connectivity index (χ2n) is 4.94. The Kier molecular flexibility index (Phi) is 4.06. The van der Waals surface area contributed by atoms with Crippen LogP contribution in [-0.4, -0.2) is 6.04 Å². The molecular formula is C14H17BrN2. The minimum absolute atomic E-state index is 0.562. The lowest BCUT2D eigenvalue weighted by Crippen LogP contribution is -2.25. The van der Waals surface area contributed by atoms with Gasteiger partial charge in [-0.15, -0.1) is 0 Å². The molecule has 90 valence electrons. The molecule has 0 aromatic heterocycles. The predicted molar refractivity (Wildman–Crippen MR) is 73.9 cm³/mol. The second-order valence-corrected chi connectivity index (χ2v) is 5.86. The average Bonchev–Trinajstić information content (AvgIpc) is 2.31. The molecule has 1 fully saturated rings. The standard InChI is InChI=1S/C14H17BrN2/c1-10-2-4-13(5-3-10)17-14-7-11(9-16)6-12(15)8-14/h6-8,10,13,17H,2-5H2,1H3. The van der Waals surface area contributed by atoms with Gasteiger partial charge in [0.25, 0.3) is 0 Å². The molecule has 1 saturated carbocycles. The van der Waals surface area contributed by atoms with Crippen LogP contribution in [0.2, 0.25) is 0 Å². The lowest BCUT2D eigenvalue weighted by Gasteiger charge is -2.27. The van der Waals surface area contributed by atoms with Crippen molar-refractivity contribution in [3.8, 4) is 6.07 Å². The number of hydrogen-bond acceptors (Lipinski definition) is 2. The Morgan fingerprint density at radius 3 is 2.59 bits per heavy atom. The molecule has 0 radical (unpaired) electrons. The molecule has 0 spiro atoms. The average molecular weight is 293 g/mol. The van der Waals surface area contributed by atoms with E-state index in [0.717, 1.165) is 16.1 Å². The van der Waals surface area contributed by atoms with E-state index in [0.29, 0.717) is 11.6 Å². The summed E-state index contributed by atoms with van der Waals surface area (Å²) in [6.07, 6.45) is 5.07. The lowest BCUT2D eigenvalue weighted by atomic mass is 9.87. The summed E-state index contributed by atoms with van der Waals surface area (Å²) < 4.78 is 0.961. The summed E-state index contributed by atoms with van der Waals surface area (Å²) in [5.41, 5.74) is 1.75. The molecule has 0 aliphatic heterocycles. The number of nitriles is 1. The van der Waals surface area contributed by atoms with Crippen LogP contribution in [0.15, 0.2) is 22.7 Å². The molecule has 1 aromatic carbocycles. The molecule has 0 unspecified atom stereocenters. The Labute approximate surface area is 111 Å². The van der Waals surface area contributed by atoms with Gasteiger partial charge in [-0.2, -0.15) is 5.26 Å². The van der Waals surface area contributed by atoms with Crippen LogP contribution in [0.1, 0.15) is 38.2 Å². The molecule has 1 aliphatic carbocycles. The van der Waals surface area contributed by atoms with Gasteiger partial charge in [0.05, 0.1) is 11.6 Å². The molecule has 2 nitrogen and oxygen atoms in total. The van der Waals surface area contributed by atoms with Crippen LogP contribution in [0.25, 0.3) is 0 Å². The van der Waals surface area contributed by atoms with Crippen molar-refractivity contribution in [1.82, 2.24) is 0 Å². The van der Waals surface area contributed by atoms with Gasteiger partial charge in [-0.3, -0.25) is 0 Å². The maximum Gasteiger partial charge on any atom is 0.0992 e.